The van der Waals surface area contributed by atoms with Gasteiger partial charge in [-0.2, -0.15) is 0 Å². The molecule has 2 aromatic rings. The van der Waals surface area contributed by atoms with Crippen LogP contribution in [0.3, 0.4) is 0 Å². The van der Waals surface area contributed by atoms with Gasteiger partial charge in [0.2, 0.25) is 0 Å². The van der Waals surface area contributed by atoms with Crippen molar-refractivity contribution < 1.29 is 9.47 Å². The maximum absolute atomic E-state index is 5.71. The van der Waals surface area contributed by atoms with Crippen LogP contribution in [-0.2, 0) is 0 Å². The number of thiazole rings is 1. The maximum atomic E-state index is 5.71. The number of hydrogen-bond acceptors (Lipinski definition) is 6. The first-order valence-corrected chi connectivity index (χ1v) is 8.97. The van der Waals surface area contributed by atoms with Crippen molar-refractivity contribution in [1.82, 2.24) is 9.88 Å². The number of piperazine rings is 1. The lowest BCUT2D eigenvalue weighted by molar-refractivity contribution is 0.169. The molecule has 0 amide bonds. The molecular weight excluding hydrogens is 310 g/mol. The molecule has 4 rings (SSSR count). The third kappa shape index (κ3) is 3.01. The van der Waals surface area contributed by atoms with Gasteiger partial charge in [-0.3, -0.25) is 4.90 Å². The summed E-state index contributed by atoms with van der Waals surface area (Å²) in [6.07, 6.45) is 1.88. The van der Waals surface area contributed by atoms with Gasteiger partial charge in [0.1, 0.15) is 13.2 Å². The van der Waals surface area contributed by atoms with Crippen LogP contribution >= 0.6 is 11.3 Å². The third-order valence-electron chi connectivity index (χ3n) is 4.60. The Morgan fingerprint density at radius 3 is 2.61 bits per heavy atom. The van der Waals surface area contributed by atoms with Crippen LogP contribution in [0, 0.1) is 0 Å². The summed E-state index contributed by atoms with van der Waals surface area (Å²) in [7, 11) is 0. The number of rotatable bonds is 3. The Kier molecular flexibility index (Phi) is 4.10. The van der Waals surface area contributed by atoms with Crippen LogP contribution in [0.2, 0.25) is 0 Å². The molecule has 5 nitrogen and oxygen atoms in total. The normalized spacial score (nSPS) is 19.6. The molecule has 0 radical (unpaired) electrons. The van der Waals surface area contributed by atoms with E-state index in [2.05, 4.69) is 33.8 Å². The number of nitrogens with zero attached hydrogens (tertiary/aromatic N) is 3. The molecule has 23 heavy (non-hydrogen) atoms. The van der Waals surface area contributed by atoms with Crippen molar-refractivity contribution in [2.24, 2.45) is 0 Å². The molecule has 1 aromatic carbocycles. The third-order valence-corrected chi connectivity index (χ3v) is 5.43. The zero-order valence-corrected chi connectivity index (χ0v) is 14.1. The van der Waals surface area contributed by atoms with Gasteiger partial charge in [0.05, 0.1) is 0 Å². The van der Waals surface area contributed by atoms with Crippen molar-refractivity contribution in [3.8, 4) is 11.5 Å². The summed E-state index contributed by atoms with van der Waals surface area (Å²) in [6, 6.07) is 6.70. The largest absolute Gasteiger partial charge is 0.486 e. The van der Waals surface area contributed by atoms with E-state index < -0.39 is 0 Å². The number of ether oxygens (including phenoxy) is 2. The molecule has 1 fully saturated rings. The summed E-state index contributed by atoms with van der Waals surface area (Å²) in [4.78, 5) is 9.31. The molecule has 2 aliphatic heterocycles. The van der Waals surface area contributed by atoms with Crippen molar-refractivity contribution >= 4 is 16.5 Å². The van der Waals surface area contributed by atoms with Crippen LogP contribution in [0.4, 0.5) is 5.13 Å². The van der Waals surface area contributed by atoms with E-state index in [1.807, 2.05) is 17.6 Å². The average Bonchev–Trinajstić information content (AvgIpc) is 3.15. The van der Waals surface area contributed by atoms with Gasteiger partial charge >= 0.3 is 0 Å². The number of hydrogen-bond donors (Lipinski definition) is 0. The number of anilines is 1. The number of aromatic nitrogens is 1. The summed E-state index contributed by atoms with van der Waals surface area (Å²) < 4.78 is 11.3. The van der Waals surface area contributed by atoms with E-state index in [4.69, 9.17) is 9.47 Å². The Labute approximate surface area is 140 Å². The fraction of sp³-hybridized carbons (Fsp3) is 0.471. The molecule has 122 valence electrons. The molecule has 0 aliphatic carbocycles. The Hall–Kier alpha value is -1.79. The monoisotopic (exact) mass is 331 g/mol. The minimum atomic E-state index is 0.379. The van der Waals surface area contributed by atoms with Crippen LogP contribution in [0.5, 0.6) is 11.5 Å². The van der Waals surface area contributed by atoms with Gasteiger partial charge in [-0.05, 0) is 24.6 Å². The molecule has 3 heterocycles. The standard InChI is InChI=1S/C17H21N3O2S/c1-13(14-2-3-15-16(12-14)22-10-9-21-15)19-5-7-20(8-6-19)17-18-4-11-23-17/h2-4,11-13H,5-10H2,1H3. The molecule has 0 spiro atoms. The summed E-state index contributed by atoms with van der Waals surface area (Å²) in [6.45, 7) is 7.71. The number of fused-ring (bicyclic) bond motifs is 1. The van der Waals surface area contributed by atoms with Gasteiger partial charge in [0, 0.05) is 43.8 Å². The van der Waals surface area contributed by atoms with Gasteiger partial charge in [-0.25, -0.2) is 4.98 Å². The highest BCUT2D eigenvalue weighted by Gasteiger charge is 2.24. The SMILES string of the molecule is CC(c1ccc2c(c1)OCCO2)N1CCN(c2nccs2)CC1. The fourth-order valence-electron chi connectivity index (χ4n) is 3.20. The van der Waals surface area contributed by atoms with Crippen LogP contribution in [0.25, 0.3) is 0 Å². The Morgan fingerprint density at radius 1 is 1.09 bits per heavy atom. The van der Waals surface area contributed by atoms with Crippen molar-refractivity contribution in [3.63, 3.8) is 0 Å². The smallest absolute Gasteiger partial charge is 0.185 e. The minimum absolute atomic E-state index is 0.379. The predicted molar refractivity (Wildman–Crippen MR) is 91.7 cm³/mol. The summed E-state index contributed by atoms with van der Waals surface area (Å²) in [5.41, 5.74) is 1.29. The van der Waals surface area contributed by atoms with E-state index in [9.17, 15) is 0 Å². The second-order valence-electron chi connectivity index (χ2n) is 5.92. The zero-order chi connectivity index (χ0) is 15.6. The minimum Gasteiger partial charge on any atom is -0.486 e. The first-order chi connectivity index (χ1) is 11.3. The lowest BCUT2D eigenvalue weighted by atomic mass is 10.1. The topological polar surface area (TPSA) is 37.8 Å². The summed E-state index contributed by atoms with van der Waals surface area (Å²) >= 11 is 1.72. The predicted octanol–water partition coefficient (Wildman–Crippen LogP) is 2.80. The first-order valence-electron chi connectivity index (χ1n) is 8.09. The highest BCUT2D eigenvalue weighted by molar-refractivity contribution is 7.13. The van der Waals surface area contributed by atoms with Gasteiger partial charge < -0.3 is 14.4 Å². The van der Waals surface area contributed by atoms with Gasteiger partial charge in [0.25, 0.3) is 0 Å². The lowest BCUT2D eigenvalue weighted by Crippen LogP contribution is -2.47. The molecule has 0 N–H and O–H groups in total. The maximum Gasteiger partial charge on any atom is 0.185 e. The second-order valence-corrected chi connectivity index (χ2v) is 6.79. The molecular formula is C17H21N3O2S. The van der Waals surface area contributed by atoms with Crippen LogP contribution in [-0.4, -0.2) is 49.3 Å². The van der Waals surface area contributed by atoms with Crippen LogP contribution in [0.1, 0.15) is 18.5 Å². The Bertz CT molecular complexity index is 654. The Morgan fingerprint density at radius 2 is 1.87 bits per heavy atom. The van der Waals surface area contributed by atoms with Crippen LogP contribution in [0.15, 0.2) is 29.8 Å². The average molecular weight is 331 g/mol. The highest BCUT2D eigenvalue weighted by Crippen LogP contribution is 2.34. The Balaban J connectivity index is 1.42. The van der Waals surface area contributed by atoms with E-state index >= 15 is 0 Å². The van der Waals surface area contributed by atoms with Crippen molar-refractivity contribution in [1.29, 1.82) is 0 Å². The summed E-state index contributed by atoms with van der Waals surface area (Å²) in [5.74, 6) is 1.74. The zero-order valence-electron chi connectivity index (χ0n) is 13.3. The van der Waals surface area contributed by atoms with E-state index in [0.29, 0.717) is 19.3 Å². The van der Waals surface area contributed by atoms with E-state index in [1.54, 1.807) is 11.3 Å². The van der Waals surface area contributed by atoms with Crippen LogP contribution < -0.4 is 14.4 Å². The molecule has 1 aromatic heterocycles. The summed E-state index contributed by atoms with van der Waals surface area (Å²) in [5, 5.41) is 3.18. The molecule has 6 heteroatoms. The van der Waals surface area contributed by atoms with Crippen molar-refractivity contribution in [2.75, 3.05) is 44.3 Å². The molecule has 1 saturated heterocycles. The number of benzene rings is 1. The van der Waals surface area contributed by atoms with E-state index in [-0.39, 0.29) is 0 Å². The molecule has 0 saturated carbocycles. The fourth-order valence-corrected chi connectivity index (χ4v) is 3.90. The van der Waals surface area contributed by atoms with Crippen molar-refractivity contribution in [3.05, 3.63) is 35.3 Å². The molecule has 0 bridgehead atoms. The molecule has 2 aliphatic rings. The lowest BCUT2D eigenvalue weighted by Gasteiger charge is -2.38. The van der Waals surface area contributed by atoms with Crippen molar-refractivity contribution in [2.45, 2.75) is 13.0 Å². The van der Waals surface area contributed by atoms with Gasteiger partial charge in [-0.1, -0.05) is 6.07 Å². The first kappa shape index (κ1) is 14.8. The second kappa shape index (κ2) is 6.37. The molecule has 1 unspecified atom stereocenters. The van der Waals surface area contributed by atoms with E-state index in [1.165, 1.54) is 5.56 Å². The van der Waals surface area contributed by atoms with E-state index in [0.717, 1.165) is 42.8 Å². The molecule has 1 atom stereocenters. The van der Waals surface area contributed by atoms with Gasteiger partial charge in [-0.15, -0.1) is 11.3 Å². The highest BCUT2D eigenvalue weighted by atomic mass is 32.1. The quantitative estimate of drug-likeness (QED) is 0.865. The van der Waals surface area contributed by atoms with Gasteiger partial charge in [0.15, 0.2) is 16.6 Å².